The maximum absolute atomic E-state index is 11.0. The first-order valence-corrected chi connectivity index (χ1v) is 5.79. The van der Waals surface area contributed by atoms with E-state index in [0.29, 0.717) is 0 Å². The van der Waals surface area contributed by atoms with Crippen molar-refractivity contribution in [2.45, 2.75) is 0 Å². The average Bonchev–Trinajstić information content (AvgIpc) is 2.91. The van der Waals surface area contributed by atoms with E-state index in [1.807, 2.05) is 36.5 Å². The first-order valence-electron chi connectivity index (χ1n) is 5.79. The predicted molar refractivity (Wildman–Crippen MR) is 72.4 cm³/mol. The highest BCUT2D eigenvalue weighted by molar-refractivity contribution is 5.98. The van der Waals surface area contributed by atoms with Gasteiger partial charge in [0.25, 0.3) is 0 Å². The van der Waals surface area contributed by atoms with E-state index in [0.717, 1.165) is 22.0 Å². The maximum atomic E-state index is 11.0. The number of rotatable bonds is 2. The third-order valence-corrected chi connectivity index (χ3v) is 3.09. The van der Waals surface area contributed by atoms with Crippen molar-refractivity contribution in [3.8, 4) is 17.0 Å². The number of carbonyl (C=O) groups is 1. The van der Waals surface area contributed by atoms with Gasteiger partial charge in [-0.3, -0.25) is 0 Å². The Morgan fingerprint density at radius 3 is 2.58 bits per heavy atom. The molecule has 0 saturated carbocycles. The zero-order valence-corrected chi connectivity index (χ0v) is 9.92. The summed E-state index contributed by atoms with van der Waals surface area (Å²) in [4.78, 5) is 14.1. The van der Waals surface area contributed by atoms with Crippen molar-refractivity contribution in [2.24, 2.45) is 0 Å². The van der Waals surface area contributed by atoms with Crippen molar-refractivity contribution >= 4 is 16.7 Å². The first-order chi connectivity index (χ1) is 9.15. The number of H-pyrrole nitrogens is 1. The fourth-order valence-electron chi connectivity index (χ4n) is 2.13. The van der Waals surface area contributed by atoms with E-state index in [1.54, 1.807) is 0 Å². The summed E-state index contributed by atoms with van der Waals surface area (Å²) >= 11 is 0. The van der Waals surface area contributed by atoms with Gasteiger partial charge in [-0.1, -0.05) is 12.1 Å². The number of carboxylic acid groups (broad SMARTS) is 1. The number of aromatic nitrogens is 1. The van der Waals surface area contributed by atoms with Crippen molar-refractivity contribution in [1.29, 1.82) is 0 Å². The monoisotopic (exact) mass is 253 g/mol. The van der Waals surface area contributed by atoms with Crippen molar-refractivity contribution in [3.63, 3.8) is 0 Å². The van der Waals surface area contributed by atoms with Crippen LogP contribution in [0.15, 0.2) is 48.7 Å². The summed E-state index contributed by atoms with van der Waals surface area (Å²) in [5.41, 5.74) is 1.85. The van der Waals surface area contributed by atoms with Crippen LogP contribution in [0.3, 0.4) is 0 Å². The molecule has 0 unspecified atom stereocenters. The predicted octanol–water partition coefficient (Wildman–Crippen LogP) is 3.24. The summed E-state index contributed by atoms with van der Waals surface area (Å²) in [7, 11) is 0. The van der Waals surface area contributed by atoms with Gasteiger partial charge in [-0.2, -0.15) is 0 Å². The van der Waals surface area contributed by atoms with Crippen LogP contribution in [-0.2, 0) is 0 Å². The third kappa shape index (κ3) is 1.93. The number of aromatic amines is 1. The number of carboxylic acids is 1. The Labute approximate surface area is 108 Å². The number of aromatic hydroxyl groups is 1. The summed E-state index contributed by atoms with van der Waals surface area (Å²) in [5, 5.41) is 20.2. The molecule has 0 saturated heterocycles. The lowest BCUT2D eigenvalue weighted by atomic mass is 10.0. The van der Waals surface area contributed by atoms with Crippen LogP contribution < -0.4 is 0 Å². The van der Waals surface area contributed by atoms with Gasteiger partial charge < -0.3 is 15.2 Å². The molecule has 0 aliphatic rings. The van der Waals surface area contributed by atoms with Crippen LogP contribution in [0.1, 0.15) is 10.4 Å². The van der Waals surface area contributed by atoms with E-state index in [2.05, 4.69) is 4.98 Å². The topological polar surface area (TPSA) is 73.3 Å². The Balaban J connectivity index is 2.22. The molecule has 0 aliphatic carbocycles. The van der Waals surface area contributed by atoms with E-state index >= 15 is 0 Å². The van der Waals surface area contributed by atoms with Crippen LogP contribution in [0, 0.1) is 0 Å². The van der Waals surface area contributed by atoms with Crippen LogP contribution >= 0.6 is 0 Å². The average molecular weight is 253 g/mol. The fourth-order valence-corrected chi connectivity index (χ4v) is 2.13. The zero-order chi connectivity index (χ0) is 13.4. The normalized spacial score (nSPS) is 10.7. The lowest BCUT2D eigenvalue weighted by Crippen LogP contribution is -1.96. The van der Waals surface area contributed by atoms with Crippen LogP contribution in [0.4, 0.5) is 0 Å². The van der Waals surface area contributed by atoms with Gasteiger partial charge in [0.15, 0.2) is 0 Å². The van der Waals surface area contributed by atoms with Gasteiger partial charge in [0.2, 0.25) is 0 Å². The largest absolute Gasteiger partial charge is 0.507 e. The molecule has 0 amide bonds. The standard InChI is InChI=1S/C15H11NO3/c17-14-8-9-3-4-10(13-2-1-5-16-13)6-11(9)7-12(14)15(18)19/h1-8,16-17H,(H,18,19). The molecule has 2 aromatic carbocycles. The number of nitrogens with one attached hydrogen (secondary N) is 1. The lowest BCUT2D eigenvalue weighted by molar-refractivity contribution is 0.0694. The quantitative estimate of drug-likeness (QED) is 0.656. The molecule has 3 aromatic rings. The van der Waals surface area contributed by atoms with Crippen molar-refractivity contribution in [3.05, 3.63) is 54.2 Å². The molecule has 0 aliphatic heterocycles. The summed E-state index contributed by atoms with van der Waals surface area (Å²) in [5.74, 6) is -1.35. The zero-order valence-electron chi connectivity index (χ0n) is 9.92. The van der Waals surface area contributed by atoms with Gasteiger partial charge >= 0.3 is 5.97 Å². The maximum Gasteiger partial charge on any atom is 0.339 e. The highest BCUT2D eigenvalue weighted by atomic mass is 16.4. The van der Waals surface area contributed by atoms with Gasteiger partial charge in [-0.15, -0.1) is 0 Å². The summed E-state index contributed by atoms with van der Waals surface area (Å²) in [6.45, 7) is 0. The van der Waals surface area contributed by atoms with Gasteiger partial charge in [-0.25, -0.2) is 4.79 Å². The second kappa shape index (κ2) is 4.17. The summed E-state index contributed by atoms with van der Waals surface area (Å²) in [6, 6.07) is 12.5. The van der Waals surface area contributed by atoms with Crippen LogP contribution in [0.25, 0.3) is 22.0 Å². The SMILES string of the molecule is O=C(O)c1cc2cc(-c3ccc[nH]3)ccc2cc1O. The number of benzene rings is 2. The summed E-state index contributed by atoms with van der Waals surface area (Å²) < 4.78 is 0. The second-order valence-electron chi connectivity index (χ2n) is 4.32. The Morgan fingerprint density at radius 2 is 1.89 bits per heavy atom. The number of aromatic carboxylic acids is 1. The number of hydrogen-bond acceptors (Lipinski definition) is 2. The van der Waals surface area contributed by atoms with Gasteiger partial charge in [0.05, 0.1) is 0 Å². The van der Waals surface area contributed by atoms with Gasteiger partial charge in [0, 0.05) is 11.9 Å². The highest BCUT2D eigenvalue weighted by Gasteiger charge is 2.11. The van der Waals surface area contributed by atoms with E-state index in [9.17, 15) is 9.90 Å². The molecule has 1 heterocycles. The Morgan fingerprint density at radius 1 is 1.05 bits per heavy atom. The number of fused-ring (bicyclic) bond motifs is 1. The van der Waals surface area contributed by atoms with E-state index in [1.165, 1.54) is 12.1 Å². The van der Waals surface area contributed by atoms with E-state index in [4.69, 9.17) is 5.11 Å². The third-order valence-electron chi connectivity index (χ3n) is 3.09. The van der Waals surface area contributed by atoms with Crippen LogP contribution in [-0.4, -0.2) is 21.2 Å². The Kier molecular flexibility index (Phi) is 2.49. The van der Waals surface area contributed by atoms with Crippen LogP contribution in [0.5, 0.6) is 5.75 Å². The van der Waals surface area contributed by atoms with Crippen molar-refractivity contribution in [2.75, 3.05) is 0 Å². The molecule has 94 valence electrons. The number of phenols is 1. The molecule has 3 rings (SSSR count). The summed E-state index contributed by atoms with van der Waals surface area (Å²) in [6.07, 6.45) is 1.83. The Hall–Kier alpha value is -2.75. The smallest absolute Gasteiger partial charge is 0.339 e. The first kappa shape index (κ1) is 11.3. The highest BCUT2D eigenvalue weighted by Crippen LogP contribution is 2.28. The fraction of sp³-hybridized carbons (Fsp3) is 0. The van der Waals surface area contributed by atoms with Crippen molar-refractivity contribution in [1.82, 2.24) is 4.98 Å². The minimum atomic E-state index is -1.13. The van der Waals surface area contributed by atoms with Crippen LogP contribution in [0.2, 0.25) is 0 Å². The molecule has 19 heavy (non-hydrogen) atoms. The molecule has 3 N–H and O–H groups in total. The molecule has 0 fully saturated rings. The Bertz CT molecular complexity index is 760. The molecular formula is C15H11NO3. The van der Waals surface area contributed by atoms with Gasteiger partial charge in [-0.05, 0) is 46.7 Å². The molecule has 0 atom stereocenters. The minimum Gasteiger partial charge on any atom is -0.507 e. The minimum absolute atomic E-state index is 0.0869. The van der Waals surface area contributed by atoms with Gasteiger partial charge in [0.1, 0.15) is 11.3 Å². The van der Waals surface area contributed by atoms with E-state index < -0.39 is 5.97 Å². The molecule has 0 bridgehead atoms. The molecular weight excluding hydrogens is 242 g/mol. The second-order valence-corrected chi connectivity index (χ2v) is 4.32. The molecule has 4 nitrogen and oxygen atoms in total. The number of hydrogen-bond donors (Lipinski definition) is 3. The van der Waals surface area contributed by atoms with E-state index in [-0.39, 0.29) is 11.3 Å². The molecule has 0 spiro atoms. The van der Waals surface area contributed by atoms with Crippen molar-refractivity contribution < 1.29 is 15.0 Å². The molecule has 0 radical (unpaired) electrons. The molecule has 1 aromatic heterocycles. The molecule has 4 heteroatoms. The lowest BCUT2D eigenvalue weighted by Gasteiger charge is -2.05.